The van der Waals surface area contributed by atoms with Crippen molar-refractivity contribution in [1.29, 1.82) is 0 Å². The summed E-state index contributed by atoms with van der Waals surface area (Å²) in [7, 11) is 0. The van der Waals surface area contributed by atoms with Crippen LogP contribution in [-0.2, 0) is 23.7 Å². The van der Waals surface area contributed by atoms with Crippen molar-refractivity contribution in [3.05, 3.63) is 64.4 Å². The Morgan fingerprint density at radius 1 is 1.24 bits per heavy atom. The third kappa shape index (κ3) is 3.50. The fourth-order valence-electron chi connectivity index (χ4n) is 3.84. The highest BCUT2D eigenvalue weighted by Crippen LogP contribution is 2.45. The predicted molar refractivity (Wildman–Crippen MR) is 103 cm³/mol. The molecule has 0 radical (unpaired) electrons. The van der Waals surface area contributed by atoms with Gasteiger partial charge in [0.15, 0.2) is 0 Å². The summed E-state index contributed by atoms with van der Waals surface area (Å²) in [6.07, 6.45) is -0.351. The summed E-state index contributed by atoms with van der Waals surface area (Å²) in [6, 6.07) is 6.28. The minimum atomic E-state index is -3.03. The molecule has 8 heteroatoms. The minimum Gasteiger partial charge on any atom is -0.480 e. The second-order valence-corrected chi connectivity index (χ2v) is 8.26. The Bertz CT molecular complexity index is 1140. The van der Waals surface area contributed by atoms with Gasteiger partial charge in [0, 0.05) is 45.7 Å². The highest BCUT2D eigenvalue weighted by molar-refractivity contribution is 7.99. The molecule has 0 fully saturated rings. The van der Waals surface area contributed by atoms with Gasteiger partial charge < -0.3 is 9.67 Å². The van der Waals surface area contributed by atoms with Crippen molar-refractivity contribution in [1.82, 2.24) is 4.57 Å². The van der Waals surface area contributed by atoms with Gasteiger partial charge in [-0.25, -0.2) is 17.6 Å². The van der Waals surface area contributed by atoms with Crippen LogP contribution in [0.5, 0.6) is 0 Å². The van der Waals surface area contributed by atoms with Crippen molar-refractivity contribution in [2.45, 2.75) is 37.1 Å². The topological polar surface area (TPSA) is 42.2 Å². The summed E-state index contributed by atoms with van der Waals surface area (Å²) in [5.74, 6) is -5.00. The monoisotopic (exact) mass is 423 g/mol. The molecule has 0 bridgehead atoms. The second kappa shape index (κ2) is 7.09. The van der Waals surface area contributed by atoms with E-state index < -0.39 is 23.5 Å². The SMILES string of the molecule is Cc1c(Cc2cc3c(cc2F)SCCC3(F)F)c2cc(F)ccc2n1CC(=O)O. The van der Waals surface area contributed by atoms with Crippen molar-refractivity contribution in [3.8, 4) is 0 Å². The number of halogens is 4. The van der Waals surface area contributed by atoms with Gasteiger partial charge in [-0.05, 0) is 48.4 Å². The smallest absolute Gasteiger partial charge is 0.323 e. The van der Waals surface area contributed by atoms with E-state index in [0.717, 1.165) is 6.07 Å². The first-order valence-corrected chi connectivity index (χ1v) is 9.98. The van der Waals surface area contributed by atoms with Crippen LogP contribution in [0.25, 0.3) is 10.9 Å². The molecule has 0 amide bonds. The van der Waals surface area contributed by atoms with Crippen LogP contribution >= 0.6 is 11.8 Å². The third-order valence-electron chi connectivity index (χ3n) is 5.29. The molecule has 152 valence electrons. The van der Waals surface area contributed by atoms with E-state index in [9.17, 15) is 27.5 Å². The standard InChI is InChI=1S/C21H17F4NO2S/c1-11-14(15-8-13(22)2-3-18(15)26(11)10-20(27)28)6-12-7-16-19(9-17(12)23)29-5-4-21(16,24)25/h2-3,7-9H,4-6,10H2,1H3,(H,27,28). The fourth-order valence-corrected chi connectivity index (χ4v) is 4.97. The van der Waals surface area contributed by atoms with Crippen LogP contribution in [0.4, 0.5) is 17.6 Å². The molecular formula is C21H17F4NO2S. The number of carboxylic acids is 1. The molecule has 0 aliphatic carbocycles. The second-order valence-electron chi connectivity index (χ2n) is 7.12. The molecule has 3 nitrogen and oxygen atoms in total. The first-order valence-electron chi connectivity index (χ1n) is 9.00. The zero-order valence-corrected chi connectivity index (χ0v) is 16.3. The predicted octanol–water partition coefficient (Wildman–Crippen LogP) is 5.49. The van der Waals surface area contributed by atoms with Gasteiger partial charge in [-0.3, -0.25) is 4.79 Å². The van der Waals surface area contributed by atoms with Gasteiger partial charge >= 0.3 is 5.97 Å². The molecule has 1 aromatic heterocycles. The number of hydrogen-bond acceptors (Lipinski definition) is 2. The van der Waals surface area contributed by atoms with E-state index in [-0.39, 0.29) is 41.2 Å². The Morgan fingerprint density at radius 2 is 2.00 bits per heavy atom. The number of rotatable bonds is 4. The lowest BCUT2D eigenvalue weighted by molar-refractivity contribution is -0.137. The quantitative estimate of drug-likeness (QED) is 0.564. The molecule has 0 saturated heterocycles. The molecule has 1 aliphatic rings. The van der Waals surface area contributed by atoms with Crippen LogP contribution in [0.1, 0.15) is 28.8 Å². The lowest BCUT2D eigenvalue weighted by atomic mass is 9.97. The maximum absolute atomic E-state index is 14.7. The molecule has 0 unspecified atom stereocenters. The number of carbonyl (C=O) groups is 1. The molecular weight excluding hydrogens is 406 g/mol. The van der Waals surface area contributed by atoms with Gasteiger partial charge in [0.2, 0.25) is 0 Å². The lowest BCUT2D eigenvalue weighted by Gasteiger charge is -2.25. The Labute approximate surface area is 168 Å². The van der Waals surface area contributed by atoms with Crippen molar-refractivity contribution in [2.24, 2.45) is 0 Å². The van der Waals surface area contributed by atoms with E-state index >= 15 is 0 Å². The van der Waals surface area contributed by atoms with E-state index in [4.69, 9.17) is 0 Å². The van der Waals surface area contributed by atoms with E-state index in [1.54, 1.807) is 6.92 Å². The summed E-state index contributed by atoms with van der Waals surface area (Å²) >= 11 is 1.20. The summed E-state index contributed by atoms with van der Waals surface area (Å²) in [6.45, 7) is 1.33. The molecule has 2 heterocycles. The van der Waals surface area contributed by atoms with Crippen LogP contribution in [0.15, 0.2) is 35.2 Å². The third-order valence-corrected chi connectivity index (χ3v) is 6.35. The van der Waals surface area contributed by atoms with Gasteiger partial charge in [0.05, 0.1) is 0 Å². The average molecular weight is 423 g/mol. The largest absolute Gasteiger partial charge is 0.480 e. The van der Waals surface area contributed by atoms with E-state index in [2.05, 4.69) is 0 Å². The molecule has 1 aliphatic heterocycles. The number of hydrogen-bond donors (Lipinski definition) is 1. The number of nitrogens with zero attached hydrogens (tertiary/aromatic N) is 1. The molecule has 29 heavy (non-hydrogen) atoms. The van der Waals surface area contributed by atoms with Crippen molar-refractivity contribution < 1.29 is 27.5 Å². The van der Waals surface area contributed by atoms with E-state index in [1.807, 2.05) is 0 Å². The zero-order valence-electron chi connectivity index (χ0n) is 15.4. The molecule has 1 N–H and O–H groups in total. The summed E-state index contributed by atoms with van der Waals surface area (Å²) in [5.41, 5.74) is 1.44. The van der Waals surface area contributed by atoms with Crippen LogP contribution in [0.2, 0.25) is 0 Å². The van der Waals surface area contributed by atoms with Crippen molar-refractivity contribution in [2.75, 3.05) is 5.75 Å². The molecule has 0 spiro atoms. The molecule has 3 aromatic rings. The molecule has 0 atom stereocenters. The maximum atomic E-state index is 14.7. The first-order chi connectivity index (χ1) is 13.7. The van der Waals surface area contributed by atoms with Crippen LogP contribution in [0.3, 0.4) is 0 Å². The van der Waals surface area contributed by atoms with Gasteiger partial charge in [-0.15, -0.1) is 11.8 Å². The number of carboxylic acid groups (broad SMARTS) is 1. The lowest BCUT2D eigenvalue weighted by Crippen LogP contribution is -2.20. The Kier molecular flexibility index (Phi) is 4.85. The Balaban J connectivity index is 1.86. The molecule has 0 saturated carbocycles. The van der Waals surface area contributed by atoms with Crippen molar-refractivity contribution >= 4 is 28.6 Å². The Morgan fingerprint density at radius 3 is 2.72 bits per heavy atom. The highest BCUT2D eigenvalue weighted by Gasteiger charge is 2.38. The number of benzene rings is 2. The number of alkyl halides is 2. The number of fused-ring (bicyclic) bond motifs is 2. The van der Waals surface area contributed by atoms with Crippen LogP contribution in [-0.4, -0.2) is 21.4 Å². The van der Waals surface area contributed by atoms with Crippen LogP contribution in [0, 0.1) is 18.6 Å². The number of aromatic nitrogens is 1. The normalized spacial score (nSPS) is 15.5. The minimum absolute atomic E-state index is 0.0434. The van der Waals surface area contributed by atoms with Gasteiger partial charge in [-0.1, -0.05) is 0 Å². The summed E-state index contributed by atoms with van der Waals surface area (Å²) < 4.78 is 58.7. The fraction of sp³-hybridized carbons (Fsp3) is 0.286. The van der Waals surface area contributed by atoms with E-state index in [0.29, 0.717) is 22.2 Å². The number of thioether (sulfide) groups is 1. The zero-order chi connectivity index (χ0) is 20.9. The summed E-state index contributed by atoms with van der Waals surface area (Å²) in [4.78, 5) is 11.5. The van der Waals surface area contributed by atoms with E-state index in [1.165, 1.54) is 40.6 Å². The summed E-state index contributed by atoms with van der Waals surface area (Å²) in [5, 5.41) is 9.64. The van der Waals surface area contributed by atoms with Gasteiger partial charge in [0.1, 0.15) is 18.2 Å². The van der Waals surface area contributed by atoms with Crippen LogP contribution < -0.4 is 0 Å². The Hall–Kier alpha value is -2.48. The molecule has 4 rings (SSSR count). The van der Waals surface area contributed by atoms with Gasteiger partial charge in [-0.2, -0.15) is 0 Å². The first kappa shape index (κ1) is 19.8. The molecule has 2 aromatic carbocycles. The van der Waals surface area contributed by atoms with Gasteiger partial charge in [0.25, 0.3) is 5.92 Å². The number of aliphatic carboxylic acids is 1. The average Bonchev–Trinajstić information content (AvgIpc) is 2.87. The van der Waals surface area contributed by atoms with Crippen molar-refractivity contribution in [3.63, 3.8) is 0 Å². The maximum Gasteiger partial charge on any atom is 0.323 e. The highest BCUT2D eigenvalue weighted by atomic mass is 32.2.